The molecule has 5 heterocycles. The number of benzene rings is 1. The van der Waals surface area contributed by atoms with Crippen molar-refractivity contribution in [3.05, 3.63) is 36.3 Å². The van der Waals surface area contributed by atoms with Gasteiger partial charge in [0, 0.05) is 23.8 Å². The number of fused-ring (bicyclic) bond motifs is 2. The van der Waals surface area contributed by atoms with Crippen LogP contribution in [0.4, 0.5) is 4.39 Å². The smallest absolute Gasteiger partial charge is 0.201 e. The summed E-state index contributed by atoms with van der Waals surface area (Å²) in [6.45, 7) is 6.42. The Kier molecular flexibility index (Phi) is 4.35. The first-order chi connectivity index (χ1) is 14.9. The van der Waals surface area contributed by atoms with Crippen LogP contribution in [0, 0.1) is 29.5 Å². The lowest BCUT2D eigenvalue weighted by Crippen LogP contribution is -2.69. The zero-order valence-corrected chi connectivity index (χ0v) is 18.0. The van der Waals surface area contributed by atoms with Gasteiger partial charge in [-0.1, -0.05) is 19.1 Å². The predicted molar refractivity (Wildman–Crippen MR) is 107 cm³/mol. The summed E-state index contributed by atoms with van der Waals surface area (Å²) in [5.41, 5.74) is 0.901. The molecule has 0 N–H and O–H groups in total. The van der Waals surface area contributed by atoms with Gasteiger partial charge in [0.05, 0.1) is 6.20 Å². The Morgan fingerprint density at radius 1 is 1.06 bits per heavy atom. The van der Waals surface area contributed by atoms with Gasteiger partial charge < -0.3 is 9.47 Å². The van der Waals surface area contributed by atoms with E-state index in [0.717, 1.165) is 31.2 Å². The fraction of sp³-hybridized carbons (Fsp3) is 0.652. The molecule has 2 bridgehead atoms. The van der Waals surface area contributed by atoms with Gasteiger partial charge in [-0.25, -0.2) is 18.8 Å². The summed E-state index contributed by atoms with van der Waals surface area (Å²) in [5.74, 6) is 0.125. The molecule has 1 spiro atoms. The van der Waals surface area contributed by atoms with E-state index in [1.54, 1.807) is 16.8 Å². The third kappa shape index (κ3) is 2.85. The highest BCUT2D eigenvalue weighted by molar-refractivity contribution is 5.57. The van der Waals surface area contributed by atoms with Crippen molar-refractivity contribution in [1.82, 2.24) is 15.0 Å². The molecule has 31 heavy (non-hydrogen) atoms. The SMILES string of the molecule is C[C@H]1[C@H](n2cc(-c3ccc(F)cc3)nn2)O[C@@H]2O[C@@]3(C)CC[C@H]4[C@H](C)CC[C@@H]1[C@@]24OO3. The van der Waals surface area contributed by atoms with E-state index in [2.05, 4.69) is 24.2 Å². The monoisotopic (exact) mass is 429 g/mol. The summed E-state index contributed by atoms with van der Waals surface area (Å²) < 4.78 is 28.1. The van der Waals surface area contributed by atoms with Crippen LogP contribution in [0.25, 0.3) is 11.3 Å². The molecule has 2 aromatic rings. The van der Waals surface area contributed by atoms with Crippen LogP contribution in [-0.2, 0) is 19.2 Å². The van der Waals surface area contributed by atoms with E-state index in [4.69, 9.17) is 19.2 Å². The van der Waals surface area contributed by atoms with E-state index >= 15 is 0 Å². The maximum atomic E-state index is 13.3. The molecule has 8 heteroatoms. The summed E-state index contributed by atoms with van der Waals surface area (Å²) in [6.07, 6.45) is 4.98. The van der Waals surface area contributed by atoms with E-state index < -0.39 is 17.7 Å². The van der Waals surface area contributed by atoms with Crippen LogP contribution in [0.5, 0.6) is 0 Å². The van der Waals surface area contributed by atoms with Crippen molar-refractivity contribution in [3.63, 3.8) is 0 Å². The molecule has 1 aromatic carbocycles. The molecule has 1 aromatic heterocycles. The number of halogens is 1. The average molecular weight is 429 g/mol. The molecule has 166 valence electrons. The molecule has 1 aliphatic carbocycles. The first kappa shape index (κ1) is 19.8. The molecular weight excluding hydrogens is 401 g/mol. The fourth-order valence-corrected chi connectivity index (χ4v) is 6.34. The molecular formula is C23H28FN3O4. The minimum atomic E-state index is -0.801. The summed E-state index contributed by atoms with van der Waals surface area (Å²) in [4.78, 5) is 12.1. The van der Waals surface area contributed by atoms with E-state index in [1.165, 1.54) is 12.1 Å². The molecule has 4 aliphatic heterocycles. The molecule has 0 amide bonds. The molecule has 1 saturated carbocycles. The van der Waals surface area contributed by atoms with E-state index in [1.807, 2.05) is 13.1 Å². The van der Waals surface area contributed by atoms with Gasteiger partial charge in [0.2, 0.25) is 5.79 Å². The summed E-state index contributed by atoms with van der Waals surface area (Å²) in [7, 11) is 0. The average Bonchev–Trinajstić information content (AvgIpc) is 3.13. The lowest BCUT2D eigenvalue weighted by atomic mass is 9.58. The van der Waals surface area contributed by atoms with Crippen LogP contribution >= 0.6 is 0 Å². The number of nitrogens with zero attached hydrogens (tertiary/aromatic N) is 3. The molecule has 4 saturated heterocycles. The first-order valence-corrected chi connectivity index (χ1v) is 11.3. The molecule has 7 rings (SSSR count). The normalized spacial score (nSPS) is 44.0. The lowest BCUT2D eigenvalue weighted by Gasteiger charge is -2.60. The molecule has 5 fully saturated rings. The third-order valence-corrected chi connectivity index (χ3v) is 8.03. The highest BCUT2D eigenvalue weighted by Gasteiger charge is 2.69. The maximum absolute atomic E-state index is 13.3. The Bertz CT molecular complexity index is 983. The molecule has 8 atom stereocenters. The third-order valence-electron chi connectivity index (χ3n) is 8.03. The quantitative estimate of drug-likeness (QED) is 0.657. The van der Waals surface area contributed by atoms with Gasteiger partial charge in [0.25, 0.3) is 0 Å². The zero-order valence-electron chi connectivity index (χ0n) is 18.0. The molecule has 0 radical (unpaired) electrons. The van der Waals surface area contributed by atoms with Crippen molar-refractivity contribution in [3.8, 4) is 11.3 Å². The number of hydrogen-bond acceptors (Lipinski definition) is 6. The largest absolute Gasteiger partial charge is 0.324 e. The molecule has 7 nitrogen and oxygen atoms in total. The number of rotatable bonds is 2. The second-order valence-electron chi connectivity index (χ2n) is 9.89. The second kappa shape index (κ2) is 6.81. The van der Waals surface area contributed by atoms with E-state index in [9.17, 15) is 4.39 Å². The maximum Gasteiger partial charge on any atom is 0.201 e. The first-order valence-electron chi connectivity index (χ1n) is 11.3. The number of hydrogen-bond donors (Lipinski definition) is 0. The second-order valence-corrected chi connectivity index (χ2v) is 9.89. The van der Waals surface area contributed by atoms with Crippen LogP contribution in [0.1, 0.15) is 52.7 Å². The standard InChI is InChI=1S/C23H28FN3O4/c1-13-4-9-18-14(2)20(27-12-19(25-26-27)15-5-7-16(24)8-6-15)28-21-23(18)17(13)10-11-22(3,29-21)30-31-23/h5-8,12-14,17-18,20-21H,4,9-11H2,1-3H3/t13-,14-,17+,18+,20-,21-,22-,23-/m1/s1. The zero-order chi connectivity index (χ0) is 21.4. The summed E-state index contributed by atoms with van der Waals surface area (Å²) >= 11 is 0. The van der Waals surface area contributed by atoms with E-state index in [-0.39, 0.29) is 23.9 Å². The highest BCUT2D eigenvalue weighted by Crippen LogP contribution is 2.61. The minimum absolute atomic E-state index is 0.128. The van der Waals surface area contributed by atoms with Crippen LogP contribution in [0.3, 0.4) is 0 Å². The number of aromatic nitrogens is 3. The summed E-state index contributed by atoms with van der Waals surface area (Å²) in [6, 6.07) is 6.26. The van der Waals surface area contributed by atoms with Crippen molar-refractivity contribution in [2.75, 3.05) is 0 Å². The van der Waals surface area contributed by atoms with Crippen molar-refractivity contribution in [2.45, 2.75) is 70.4 Å². The van der Waals surface area contributed by atoms with Gasteiger partial charge in [-0.05, 0) is 62.3 Å². The lowest BCUT2D eigenvalue weighted by molar-refractivity contribution is -0.574. The number of ether oxygens (including phenoxy) is 2. The van der Waals surface area contributed by atoms with Crippen molar-refractivity contribution < 1.29 is 23.6 Å². The van der Waals surface area contributed by atoms with Gasteiger partial charge in [-0.15, -0.1) is 5.10 Å². The Morgan fingerprint density at radius 2 is 1.87 bits per heavy atom. The van der Waals surface area contributed by atoms with Crippen LogP contribution in [0.15, 0.2) is 30.5 Å². The highest BCUT2D eigenvalue weighted by atomic mass is 19.1. The Hall–Kier alpha value is -1.87. The van der Waals surface area contributed by atoms with Crippen molar-refractivity contribution >= 4 is 0 Å². The van der Waals surface area contributed by atoms with Crippen molar-refractivity contribution in [1.29, 1.82) is 0 Å². The van der Waals surface area contributed by atoms with Gasteiger partial charge in [0.15, 0.2) is 18.1 Å². The minimum Gasteiger partial charge on any atom is -0.324 e. The van der Waals surface area contributed by atoms with Gasteiger partial charge in [-0.3, -0.25) is 0 Å². The Morgan fingerprint density at radius 3 is 2.68 bits per heavy atom. The molecule has 0 unspecified atom stereocenters. The summed E-state index contributed by atoms with van der Waals surface area (Å²) in [5, 5.41) is 8.68. The molecule has 5 aliphatic rings. The van der Waals surface area contributed by atoms with Crippen LogP contribution < -0.4 is 0 Å². The van der Waals surface area contributed by atoms with Crippen molar-refractivity contribution in [2.24, 2.45) is 23.7 Å². The Labute approximate surface area is 180 Å². The van der Waals surface area contributed by atoms with Crippen LogP contribution in [-0.4, -0.2) is 32.7 Å². The fourth-order valence-electron chi connectivity index (χ4n) is 6.34. The topological polar surface area (TPSA) is 67.6 Å². The van der Waals surface area contributed by atoms with Gasteiger partial charge in [0.1, 0.15) is 11.5 Å². The predicted octanol–water partition coefficient (Wildman–Crippen LogP) is 4.46. The van der Waals surface area contributed by atoms with Gasteiger partial charge >= 0.3 is 0 Å². The van der Waals surface area contributed by atoms with Gasteiger partial charge in [-0.2, -0.15) is 0 Å². The van der Waals surface area contributed by atoms with Crippen LogP contribution in [0.2, 0.25) is 0 Å². The Balaban J connectivity index is 1.36. The van der Waals surface area contributed by atoms with E-state index in [0.29, 0.717) is 17.5 Å².